The smallest absolute Gasteiger partial charge is 0.169 e. The fraction of sp³-hybridized carbons (Fsp3) is 0.800. The summed E-state index contributed by atoms with van der Waals surface area (Å²) in [7, 11) is 0. The van der Waals surface area contributed by atoms with E-state index in [1.807, 2.05) is 4.90 Å². The number of rotatable bonds is 3. The number of nitriles is 1. The first-order chi connectivity index (χ1) is 7.27. The van der Waals surface area contributed by atoms with Crippen molar-refractivity contribution in [2.24, 2.45) is 0 Å². The molecule has 4 nitrogen and oxygen atoms in total. The van der Waals surface area contributed by atoms with E-state index in [1.165, 1.54) is 0 Å². The van der Waals surface area contributed by atoms with E-state index in [2.05, 4.69) is 18.3 Å². The van der Waals surface area contributed by atoms with E-state index in [0.717, 1.165) is 31.0 Å². The van der Waals surface area contributed by atoms with Gasteiger partial charge in [0.15, 0.2) is 11.2 Å². The molecule has 0 radical (unpaired) electrons. The predicted octanol–water partition coefficient (Wildman–Crippen LogP) is 0.885. The van der Waals surface area contributed by atoms with Gasteiger partial charge in [0.05, 0.1) is 19.2 Å². The SMILES string of the molecule is CCCCNC(=S)N1CCOC(C#N)C1. The average Bonchev–Trinajstić information content (AvgIpc) is 2.29. The summed E-state index contributed by atoms with van der Waals surface area (Å²) in [6.45, 7) is 4.98. The van der Waals surface area contributed by atoms with Gasteiger partial charge in [-0.15, -0.1) is 0 Å². The van der Waals surface area contributed by atoms with Crippen molar-refractivity contribution in [3.05, 3.63) is 0 Å². The molecule has 15 heavy (non-hydrogen) atoms. The molecule has 1 aliphatic heterocycles. The molecule has 1 fully saturated rings. The van der Waals surface area contributed by atoms with Crippen LogP contribution in [0.25, 0.3) is 0 Å². The quantitative estimate of drug-likeness (QED) is 0.573. The molecule has 84 valence electrons. The van der Waals surface area contributed by atoms with Crippen molar-refractivity contribution < 1.29 is 4.74 Å². The first-order valence-electron chi connectivity index (χ1n) is 5.32. The highest BCUT2D eigenvalue weighted by atomic mass is 32.1. The molecule has 1 unspecified atom stereocenters. The van der Waals surface area contributed by atoms with Gasteiger partial charge in [-0.3, -0.25) is 0 Å². The fourth-order valence-corrected chi connectivity index (χ4v) is 1.66. The van der Waals surface area contributed by atoms with Gasteiger partial charge < -0.3 is 15.0 Å². The maximum atomic E-state index is 8.74. The lowest BCUT2D eigenvalue weighted by Gasteiger charge is -2.31. The Bertz CT molecular complexity index is 252. The lowest BCUT2D eigenvalue weighted by Crippen LogP contribution is -2.49. The number of nitrogens with zero attached hydrogens (tertiary/aromatic N) is 2. The molecule has 0 bridgehead atoms. The van der Waals surface area contributed by atoms with Gasteiger partial charge in [0.25, 0.3) is 0 Å². The zero-order chi connectivity index (χ0) is 11.1. The standard InChI is InChI=1S/C10H17N3OS/c1-2-3-4-12-10(15)13-5-6-14-9(7-11)8-13/h9H,2-6,8H2,1H3,(H,12,15). The van der Waals surface area contributed by atoms with Crippen molar-refractivity contribution in [2.75, 3.05) is 26.2 Å². The summed E-state index contributed by atoms with van der Waals surface area (Å²) in [5, 5.41) is 12.7. The fourth-order valence-electron chi connectivity index (χ4n) is 1.40. The second kappa shape index (κ2) is 6.59. The Balaban J connectivity index is 2.29. The molecular weight excluding hydrogens is 210 g/mol. The minimum absolute atomic E-state index is 0.343. The van der Waals surface area contributed by atoms with Crippen LogP contribution in [0.5, 0.6) is 0 Å². The summed E-state index contributed by atoms with van der Waals surface area (Å²) in [5.41, 5.74) is 0. The van der Waals surface area contributed by atoms with Gasteiger partial charge in [0.2, 0.25) is 0 Å². The molecule has 0 aromatic carbocycles. The number of hydrogen-bond donors (Lipinski definition) is 1. The van der Waals surface area contributed by atoms with Crippen LogP contribution in [0.4, 0.5) is 0 Å². The summed E-state index contributed by atoms with van der Waals surface area (Å²) in [5.74, 6) is 0. The summed E-state index contributed by atoms with van der Waals surface area (Å²) in [6, 6.07) is 2.10. The normalized spacial score (nSPS) is 20.8. The third kappa shape index (κ3) is 4.02. The Morgan fingerprint density at radius 1 is 1.73 bits per heavy atom. The highest BCUT2D eigenvalue weighted by Crippen LogP contribution is 2.04. The van der Waals surface area contributed by atoms with Crippen LogP contribution in [0.1, 0.15) is 19.8 Å². The van der Waals surface area contributed by atoms with Gasteiger partial charge in [-0.2, -0.15) is 5.26 Å². The molecule has 0 saturated carbocycles. The molecule has 1 heterocycles. The minimum atomic E-state index is -0.343. The Hall–Kier alpha value is -0.860. The van der Waals surface area contributed by atoms with Crippen LogP contribution in [0.15, 0.2) is 0 Å². The molecule has 1 aliphatic rings. The number of thiocarbonyl (C=S) groups is 1. The van der Waals surface area contributed by atoms with Gasteiger partial charge in [-0.05, 0) is 18.6 Å². The Morgan fingerprint density at radius 3 is 3.20 bits per heavy atom. The largest absolute Gasteiger partial charge is 0.363 e. The molecule has 1 atom stereocenters. The van der Waals surface area contributed by atoms with Crippen molar-refractivity contribution >= 4 is 17.3 Å². The van der Waals surface area contributed by atoms with Crippen molar-refractivity contribution in [1.82, 2.24) is 10.2 Å². The van der Waals surface area contributed by atoms with Crippen LogP contribution in [-0.2, 0) is 4.74 Å². The highest BCUT2D eigenvalue weighted by Gasteiger charge is 2.21. The second-order valence-electron chi connectivity index (χ2n) is 3.52. The van der Waals surface area contributed by atoms with Gasteiger partial charge in [0.1, 0.15) is 0 Å². The average molecular weight is 227 g/mol. The summed E-state index contributed by atoms with van der Waals surface area (Å²) < 4.78 is 5.24. The van der Waals surface area contributed by atoms with Crippen molar-refractivity contribution in [3.8, 4) is 6.07 Å². The number of ether oxygens (including phenoxy) is 1. The van der Waals surface area contributed by atoms with E-state index in [-0.39, 0.29) is 6.10 Å². The van der Waals surface area contributed by atoms with Gasteiger partial charge in [0, 0.05) is 13.1 Å². The van der Waals surface area contributed by atoms with E-state index < -0.39 is 0 Å². The lowest BCUT2D eigenvalue weighted by atomic mass is 10.3. The first-order valence-corrected chi connectivity index (χ1v) is 5.72. The van der Waals surface area contributed by atoms with Gasteiger partial charge in [-0.1, -0.05) is 13.3 Å². The predicted molar refractivity (Wildman–Crippen MR) is 62.4 cm³/mol. The zero-order valence-electron chi connectivity index (χ0n) is 9.03. The molecule has 0 spiro atoms. The number of nitrogens with one attached hydrogen (secondary N) is 1. The Morgan fingerprint density at radius 2 is 2.53 bits per heavy atom. The zero-order valence-corrected chi connectivity index (χ0v) is 9.85. The van der Waals surface area contributed by atoms with Crippen LogP contribution < -0.4 is 5.32 Å². The third-order valence-electron chi connectivity index (χ3n) is 2.30. The lowest BCUT2D eigenvalue weighted by molar-refractivity contribution is 0.0262. The molecular formula is C10H17N3OS. The van der Waals surface area contributed by atoms with E-state index >= 15 is 0 Å². The van der Waals surface area contributed by atoms with Crippen LogP contribution in [0.3, 0.4) is 0 Å². The van der Waals surface area contributed by atoms with Crippen LogP contribution in [0.2, 0.25) is 0 Å². The maximum Gasteiger partial charge on any atom is 0.169 e. The molecule has 1 N–H and O–H groups in total. The highest BCUT2D eigenvalue weighted by molar-refractivity contribution is 7.80. The van der Waals surface area contributed by atoms with Gasteiger partial charge in [-0.25, -0.2) is 0 Å². The monoisotopic (exact) mass is 227 g/mol. The molecule has 1 rings (SSSR count). The van der Waals surface area contributed by atoms with Crippen LogP contribution in [0, 0.1) is 11.3 Å². The molecule has 1 saturated heterocycles. The summed E-state index contributed by atoms with van der Waals surface area (Å²) in [6.07, 6.45) is 1.93. The van der Waals surface area contributed by atoms with Crippen LogP contribution in [-0.4, -0.2) is 42.4 Å². The third-order valence-corrected chi connectivity index (χ3v) is 2.71. The molecule has 0 amide bonds. The Kier molecular flexibility index (Phi) is 5.37. The van der Waals surface area contributed by atoms with Crippen molar-refractivity contribution in [2.45, 2.75) is 25.9 Å². The molecule has 0 aromatic rings. The topological polar surface area (TPSA) is 48.3 Å². The number of hydrogen-bond acceptors (Lipinski definition) is 3. The number of morpholine rings is 1. The molecule has 0 aromatic heterocycles. The van der Waals surface area contributed by atoms with Gasteiger partial charge >= 0.3 is 0 Å². The summed E-state index contributed by atoms with van der Waals surface area (Å²) in [4.78, 5) is 2.00. The van der Waals surface area contributed by atoms with Crippen molar-refractivity contribution in [3.63, 3.8) is 0 Å². The van der Waals surface area contributed by atoms with Crippen LogP contribution >= 0.6 is 12.2 Å². The molecule has 5 heteroatoms. The van der Waals surface area contributed by atoms with E-state index in [1.54, 1.807) is 0 Å². The maximum absolute atomic E-state index is 8.74. The van der Waals surface area contributed by atoms with Crippen molar-refractivity contribution in [1.29, 1.82) is 5.26 Å². The second-order valence-corrected chi connectivity index (χ2v) is 3.91. The van der Waals surface area contributed by atoms with E-state index in [0.29, 0.717) is 13.2 Å². The Labute approximate surface area is 96.2 Å². The summed E-state index contributed by atoms with van der Waals surface area (Å²) >= 11 is 5.24. The first kappa shape index (κ1) is 12.2. The minimum Gasteiger partial charge on any atom is -0.363 e. The number of unbranched alkanes of at least 4 members (excludes halogenated alkanes) is 1. The van der Waals surface area contributed by atoms with E-state index in [4.69, 9.17) is 22.2 Å². The van der Waals surface area contributed by atoms with E-state index in [9.17, 15) is 0 Å². The molecule has 0 aliphatic carbocycles.